The highest BCUT2D eigenvalue weighted by Crippen LogP contribution is 2.23. The van der Waals surface area contributed by atoms with Gasteiger partial charge in [-0.3, -0.25) is 0 Å². The maximum atomic E-state index is 12.1. The topological polar surface area (TPSA) is 102 Å². The van der Waals surface area contributed by atoms with Crippen molar-refractivity contribution in [3.63, 3.8) is 0 Å². The van der Waals surface area contributed by atoms with Gasteiger partial charge in [-0.1, -0.05) is 0 Å². The first-order chi connectivity index (χ1) is 8.90. The second kappa shape index (κ2) is 7.20. The number of nitrogens with one attached hydrogen (secondary N) is 1. The van der Waals surface area contributed by atoms with E-state index in [1.165, 1.54) is 25.3 Å². The Labute approximate surface area is 121 Å². The number of rotatable bonds is 7. The van der Waals surface area contributed by atoms with Crippen molar-refractivity contribution in [1.29, 1.82) is 0 Å². The Hall–Kier alpha value is -0.670. The summed E-state index contributed by atoms with van der Waals surface area (Å²) in [6.07, 6.45) is 0.281. The third-order valence-electron chi connectivity index (χ3n) is 2.45. The van der Waals surface area contributed by atoms with Gasteiger partial charge in [0.15, 0.2) is 0 Å². The largest absolute Gasteiger partial charge is 0.398 e. The van der Waals surface area contributed by atoms with Crippen LogP contribution >= 0.6 is 15.9 Å². The summed E-state index contributed by atoms with van der Waals surface area (Å²) in [5, 5.41) is 8.90. The fourth-order valence-electron chi connectivity index (χ4n) is 1.50. The second-order valence-electron chi connectivity index (χ2n) is 3.97. The molecular formula is C11H17BrN2O4S. The van der Waals surface area contributed by atoms with E-state index in [-0.39, 0.29) is 24.5 Å². The smallest absolute Gasteiger partial charge is 0.240 e. The van der Waals surface area contributed by atoms with Gasteiger partial charge in [0.1, 0.15) is 0 Å². The van der Waals surface area contributed by atoms with Gasteiger partial charge in [-0.05, 0) is 40.5 Å². The van der Waals surface area contributed by atoms with Crippen molar-refractivity contribution in [3.8, 4) is 0 Å². The Morgan fingerprint density at radius 3 is 2.74 bits per heavy atom. The third kappa shape index (κ3) is 4.73. The van der Waals surface area contributed by atoms with Gasteiger partial charge in [0, 0.05) is 29.9 Å². The summed E-state index contributed by atoms with van der Waals surface area (Å²) in [6, 6.07) is 3.89. The standard InChI is InChI=1S/C11H17BrN2O4S/c1-18-7-8(4-5-15)14-19(16,17)9-2-3-11(13)10(12)6-9/h2-3,6,8,14-15H,4-5,7,13H2,1H3. The molecule has 1 unspecified atom stereocenters. The van der Waals surface area contributed by atoms with Gasteiger partial charge < -0.3 is 15.6 Å². The number of sulfonamides is 1. The molecule has 0 saturated heterocycles. The molecule has 6 nitrogen and oxygen atoms in total. The van der Waals surface area contributed by atoms with Crippen LogP contribution in [0, 0.1) is 0 Å². The average Bonchev–Trinajstić information content (AvgIpc) is 2.32. The number of ether oxygens (including phenoxy) is 1. The van der Waals surface area contributed by atoms with Crippen LogP contribution in [0.1, 0.15) is 6.42 Å². The van der Waals surface area contributed by atoms with Crippen LogP contribution < -0.4 is 10.5 Å². The molecule has 0 aliphatic heterocycles. The highest BCUT2D eigenvalue weighted by atomic mass is 79.9. The lowest BCUT2D eigenvalue weighted by molar-refractivity contribution is 0.158. The van der Waals surface area contributed by atoms with Crippen LogP contribution in [0.4, 0.5) is 5.69 Å². The molecule has 108 valence electrons. The molecular weight excluding hydrogens is 336 g/mol. The lowest BCUT2D eigenvalue weighted by Gasteiger charge is -2.17. The van der Waals surface area contributed by atoms with Crippen molar-refractivity contribution >= 4 is 31.6 Å². The molecule has 8 heteroatoms. The highest BCUT2D eigenvalue weighted by molar-refractivity contribution is 9.10. The minimum absolute atomic E-state index is 0.104. The van der Waals surface area contributed by atoms with E-state index in [0.29, 0.717) is 10.2 Å². The zero-order chi connectivity index (χ0) is 14.5. The van der Waals surface area contributed by atoms with Gasteiger partial charge in [-0.2, -0.15) is 0 Å². The molecule has 0 radical (unpaired) electrons. The summed E-state index contributed by atoms with van der Waals surface area (Å²) in [5.41, 5.74) is 6.07. The van der Waals surface area contributed by atoms with E-state index in [1.54, 1.807) is 0 Å². The first-order valence-electron chi connectivity index (χ1n) is 5.58. The summed E-state index contributed by atoms with van der Waals surface area (Å²) in [5.74, 6) is 0. The zero-order valence-corrected chi connectivity index (χ0v) is 12.9. The van der Waals surface area contributed by atoms with Gasteiger partial charge in [0.2, 0.25) is 10.0 Å². The van der Waals surface area contributed by atoms with Crippen LogP contribution in [0.2, 0.25) is 0 Å². The van der Waals surface area contributed by atoms with Crippen molar-refractivity contribution < 1.29 is 18.3 Å². The quantitative estimate of drug-likeness (QED) is 0.627. The van der Waals surface area contributed by atoms with Gasteiger partial charge in [-0.15, -0.1) is 0 Å². The number of hydrogen-bond donors (Lipinski definition) is 3. The molecule has 0 aromatic heterocycles. The third-order valence-corrected chi connectivity index (χ3v) is 4.65. The maximum Gasteiger partial charge on any atom is 0.240 e. The molecule has 0 amide bonds. The zero-order valence-electron chi connectivity index (χ0n) is 10.5. The normalized spacial score (nSPS) is 13.4. The van der Waals surface area contributed by atoms with Crippen molar-refractivity contribution in [2.75, 3.05) is 26.1 Å². The lowest BCUT2D eigenvalue weighted by Crippen LogP contribution is -2.38. The summed E-state index contributed by atoms with van der Waals surface area (Å²) in [6.45, 7) is 0.0674. The highest BCUT2D eigenvalue weighted by Gasteiger charge is 2.20. The Balaban J connectivity index is 2.92. The SMILES string of the molecule is COCC(CCO)NS(=O)(=O)c1ccc(N)c(Br)c1. The van der Waals surface area contributed by atoms with E-state index in [0.717, 1.165) is 0 Å². The number of aliphatic hydroxyl groups is 1. The van der Waals surface area contributed by atoms with Gasteiger partial charge in [0.05, 0.1) is 11.5 Å². The number of nitrogens with two attached hydrogens (primary N) is 1. The number of anilines is 1. The van der Waals surface area contributed by atoms with E-state index in [9.17, 15) is 8.42 Å². The Bertz CT molecular complexity index is 515. The van der Waals surface area contributed by atoms with E-state index < -0.39 is 16.1 Å². The molecule has 1 aromatic rings. The number of nitrogen functional groups attached to an aromatic ring is 1. The molecule has 0 aliphatic carbocycles. The summed E-state index contributed by atoms with van der Waals surface area (Å²) in [7, 11) is -2.20. The molecule has 4 N–H and O–H groups in total. The minimum Gasteiger partial charge on any atom is -0.398 e. The second-order valence-corrected chi connectivity index (χ2v) is 6.54. The molecule has 1 rings (SSSR count). The van der Waals surface area contributed by atoms with Crippen molar-refractivity contribution in [3.05, 3.63) is 22.7 Å². The monoisotopic (exact) mass is 352 g/mol. The Morgan fingerprint density at radius 2 is 2.21 bits per heavy atom. The number of hydrogen-bond acceptors (Lipinski definition) is 5. The average molecular weight is 353 g/mol. The number of halogens is 1. The van der Waals surface area contributed by atoms with E-state index in [2.05, 4.69) is 20.7 Å². The fourth-order valence-corrected chi connectivity index (χ4v) is 3.31. The van der Waals surface area contributed by atoms with E-state index >= 15 is 0 Å². The lowest BCUT2D eigenvalue weighted by atomic mass is 10.2. The molecule has 0 heterocycles. The fraction of sp³-hybridized carbons (Fsp3) is 0.455. The first kappa shape index (κ1) is 16.4. The van der Waals surface area contributed by atoms with Crippen molar-refractivity contribution in [1.82, 2.24) is 4.72 Å². The van der Waals surface area contributed by atoms with Crippen LogP contribution in [-0.4, -0.2) is 39.9 Å². The molecule has 0 saturated carbocycles. The van der Waals surface area contributed by atoms with Crippen molar-refractivity contribution in [2.24, 2.45) is 0 Å². The van der Waals surface area contributed by atoms with Gasteiger partial charge in [-0.25, -0.2) is 13.1 Å². The summed E-state index contributed by atoms with van der Waals surface area (Å²) < 4.78 is 32.2. The minimum atomic E-state index is -3.67. The predicted octanol–water partition coefficient (Wildman–Crippen LogP) is 0.707. The molecule has 0 aliphatic rings. The number of methoxy groups -OCH3 is 1. The Morgan fingerprint density at radius 1 is 1.53 bits per heavy atom. The van der Waals surface area contributed by atoms with E-state index in [4.69, 9.17) is 15.6 Å². The number of aliphatic hydroxyl groups excluding tert-OH is 1. The van der Waals surface area contributed by atoms with E-state index in [1.807, 2.05) is 0 Å². The molecule has 0 fully saturated rings. The first-order valence-corrected chi connectivity index (χ1v) is 7.85. The summed E-state index contributed by atoms with van der Waals surface area (Å²) >= 11 is 3.18. The van der Waals surface area contributed by atoms with Crippen LogP contribution in [-0.2, 0) is 14.8 Å². The van der Waals surface area contributed by atoms with Crippen LogP contribution in [0.15, 0.2) is 27.6 Å². The van der Waals surface area contributed by atoms with Crippen molar-refractivity contribution in [2.45, 2.75) is 17.4 Å². The summed E-state index contributed by atoms with van der Waals surface area (Å²) in [4.78, 5) is 0.104. The van der Waals surface area contributed by atoms with Crippen LogP contribution in [0.25, 0.3) is 0 Å². The molecule has 19 heavy (non-hydrogen) atoms. The Kier molecular flexibility index (Phi) is 6.21. The molecule has 1 aromatic carbocycles. The number of benzene rings is 1. The van der Waals surface area contributed by atoms with Crippen LogP contribution in [0.3, 0.4) is 0 Å². The molecule has 0 spiro atoms. The molecule has 1 atom stereocenters. The van der Waals surface area contributed by atoms with Gasteiger partial charge >= 0.3 is 0 Å². The van der Waals surface area contributed by atoms with Gasteiger partial charge in [0.25, 0.3) is 0 Å². The maximum absolute atomic E-state index is 12.1. The molecule has 0 bridgehead atoms. The van der Waals surface area contributed by atoms with Crippen LogP contribution in [0.5, 0.6) is 0 Å². The predicted molar refractivity (Wildman–Crippen MR) is 76.2 cm³/mol.